The first kappa shape index (κ1) is 15.6. The zero-order chi connectivity index (χ0) is 15.5. The molecule has 2 aromatic rings. The predicted octanol–water partition coefficient (Wildman–Crippen LogP) is 4.80. The molecular formula is C19H25NO. The summed E-state index contributed by atoms with van der Waals surface area (Å²) in [7, 11) is 1.95. The Morgan fingerprint density at radius 3 is 2.24 bits per heavy atom. The first-order valence-corrected chi connectivity index (χ1v) is 7.42. The summed E-state index contributed by atoms with van der Waals surface area (Å²) in [6, 6.07) is 14.7. The van der Waals surface area contributed by atoms with Gasteiger partial charge in [0, 0.05) is 6.54 Å². The van der Waals surface area contributed by atoms with Gasteiger partial charge in [0.2, 0.25) is 0 Å². The van der Waals surface area contributed by atoms with Crippen LogP contribution in [0.5, 0.6) is 11.5 Å². The normalized spacial score (nSPS) is 11.5. The van der Waals surface area contributed by atoms with E-state index in [1.165, 1.54) is 11.1 Å². The maximum Gasteiger partial charge on any atom is 0.130 e. The summed E-state index contributed by atoms with van der Waals surface area (Å²) in [4.78, 5) is 0. The van der Waals surface area contributed by atoms with E-state index in [-0.39, 0.29) is 5.41 Å². The molecule has 2 aromatic carbocycles. The second-order valence-electron chi connectivity index (χ2n) is 6.51. The highest BCUT2D eigenvalue weighted by Gasteiger charge is 2.13. The highest BCUT2D eigenvalue weighted by atomic mass is 16.5. The van der Waals surface area contributed by atoms with Gasteiger partial charge in [-0.2, -0.15) is 0 Å². The third kappa shape index (κ3) is 4.08. The molecule has 2 rings (SSSR count). The van der Waals surface area contributed by atoms with Gasteiger partial charge in [0.25, 0.3) is 0 Å². The lowest BCUT2D eigenvalue weighted by Gasteiger charge is -2.19. The zero-order valence-electron chi connectivity index (χ0n) is 13.7. The Kier molecular flexibility index (Phi) is 4.69. The van der Waals surface area contributed by atoms with Crippen LogP contribution >= 0.6 is 0 Å². The Bertz CT molecular complexity index is 594. The molecule has 0 spiro atoms. The summed E-state index contributed by atoms with van der Waals surface area (Å²) in [5.74, 6) is 1.80. The van der Waals surface area contributed by atoms with E-state index in [2.05, 4.69) is 63.3 Å². The summed E-state index contributed by atoms with van der Waals surface area (Å²) >= 11 is 0. The molecule has 0 saturated carbocycles. The molecule has 0 fully saturated rings. The van der Waals surface area contributed by atoms with Crippen LogP contribution in [0.15, 0.2) is 42.5 Å². The monoisotopic (exact) mass is 283 g/mol. The fourth-order valence-electron chi connectivity index (χ4n) is 2.22. The second-order valence-corrected chi connectivity index (χ2v) is 6.51. The molecule has 0 amide bonds. The van der Waals surface area contributed by atoms with Gasteiger partial charge in [0.1, 0.15) is 11.5 Å². The molecule has 0 atom stereocenters. The van der Waals surface area contributed by atoms with Crippen LogP contribution < -0.4 is 10.1 Å². The second kappa shape index (κ2) is 6.31. The molecular weight excluding hydrogens is 258 g/mol. The molecule has 0 radical (unpaired) electrons. The first-order valence-electron chi connectivity index (χ1n) is 7.42. The van der Waals surface area contributed by atoms with Crippen LogP contribution in [0.1, 0.15) is 37.5 Å². The van der Waals surface area contributed by atoms with Crippen LogP contribution in [-0.2, 0) is 12.0 Å². The standard InChI is InChI=1S/C19H25NO/c1-14-6-7-15(13-20-5)12-18(14)21-17-10-8-16(9-11-17)19(2,3)4/h6-12,20H,13H2,1-5H3. The van der Waals surface area contributed by atoms with Gasteiger partial charge in [-0.25, -0.2) is 0 Å². The molecule has 21 heavy (non-hydrogen) atoms. The van der Waals surface area contributed by atoms with E-state index in [1.54, 1.807) is 0 Å². The number of hydrogen-bond donors (Lipinski definition) is 1. The fraction of sp³-hybridized carbons (Fsp3) is 0.368. The van der Waals surface area contributed by atoms with Crippen molar-refractivity contribution < 1.29 is 4.74 Å². The van der Waals surface area contributed by atoms with Gasteiger partial charge in [0.05, 0.1) is 0 Å². The van der Waals surface area contributed by atoms with Crippen molar-refractivity contribution in [1.82, 2.24) is 5.32 Å². The van der Waals surface area contributed by atoms with Crippen molar-refractivity contribution in [2.45, 2.75) is 39.7 Å². The van der Waals surface area contributed by atoms with Gasteiger partial charge in [-0.15, -0.1) is 0 Å². The number of rotatable bonds is 4. The number of benzene rings is 2. The van der Waals surface area contributed by atoms with Crippen LogP contribution in [0.4, 0.5) is 0 Å². The molecule has 112 valence electrons. The Morgan fingerprint density at radius 1 is 1.00 bits per heavy atom. The Morgan fingerprint density at radius 2 is 1.67 bits per heavy atom. The molecule has 0 saturated heterocycles. The van der Waals surface area contributed by atoms with Crippen LogP contribution in [-0.4, -0.2) is 7.05 Å². The van der Waals surface area contributed by atoms with E-state index in [0.717, 1.165) is 23.6 Å². The fourth-order valence-corrected chi connectivity index (χ4v) is 2.22. The van der Waals surface area contributed by atoms with Crippen molar-refractivity contribution in [1.29, 1.82) is 0 Å². The summed E-state index contributed by atoms with van der Waals surface area (Å²) in [6.45, 7) is 9.57. The van der Waals surface area contributed by atoms with Crippen LogP contribution in [0.2, 0.25) is 0 Å². The van der Waals surface area contributed by atoms with E-state index in [0.29, 0.717) is 0 Å². The van der Waals surface area contributed by atoms with Gasteiger partial charge in [-0.1, -0.05) is 45.0 Å². The average molecular weight is 283 g/mol. The van der Waals surface area contributed by atoms with Gasteiger partial charge in [0.15, 0.2) is 0 Å². The van der Waals surface area contributed by atoms with Gasteiger partial charge in [-0.05, 0) is 54.3 Å². The molecule has 0 heterocycles. The van der Waals surface area contributed by atoms with Crippen molar-refractivity contribution in [3.05, 3.63) is 59.2 Å². The summed E-state index contributed by atoms with van der Waals surface area (Å²) in [5, 5.41) is 3.16. The molecule has 2 nitrogen and oxygen atoms in total. The maximum absolute atomic E-state index is 6.04. The Labute approximate surface area is 128 Å². The van der Waals surface area contributed by atoms with E-state index < -0.39 is 0 Å². The van der Waals surface area contributed by atoms with E-state index in [4.69, 9.17) is 4.74 Å². The topological polar surface area (TPSA) is 21.3 Å². The minimum Gasteiger partial charge on any atom is -0.457 e. The van der Waals surface area contributed by atoms with Crippen molar-refractivity contribution >= 4 is 0 Å². The van der Waals surface area contributed by atoms with E-state index in [9.17, 15) is 0 Å². The lowest BCUT2D eigenvalue weighted by molar-refractivity contribution is 0.477. The van der Waals surface area contributed by atoms with Gasteiger partial charge in [-0.3, -0.25) is 0 Å². The van der Waals surface area contributed by atoms with Crippen LogP contribution in [0.3, 0.4) is 0 Å². The summed E-state index contributed by atoms with van der Waals surface area (Å²) in [6.07, 6.45) is 0. The molecule has 0 aliphatic rings. The lowest BCUT2D eigenvalue weighted by Crippen LogP contribution is -2.10. The molecule has 0 aliphatic heterocycles. The largest absolute Gasteiger partial charge is 0.457 e. The number of nitrogens with one attached hydrogen (secondary N) is 1. The third-order valence-corrected chi connectivity index (χ3v) is 3.58. The van der Waals surface area contributed by atoms with Gasteiger partial charge < -0.3 is 10.1 Å². The van der Waals surface area contributed by atoms with Crippen LogP contribution in [0.25, 0.3) is 0 Å². The molecule has 0 bridgehead atoms. The minimum atomic E-state index is 0.168. The summed E-state index contributed by atoms with van der Waals surface area (Å²) in [5.41, 5.74) is 3.86. The maximum atomic E-state index is 6.04. The van der Waals surface area contributed by atoms with E-state index in [1.807, 2.05) is 19.2 Å². The lowest BCUT2D eigenvalue weighted by atomic mass is 9.87. The summed E-state index contributed by atoms with van der Waals surface area (Å²) < 4.78 is 6.04. The highest BCUT2D eigenvalue weighted by molar-refractivity contribution is 5.41. The highest BCUT2D eigenvalue weighted by Crippen LogP contribution is 2.29. The van der Waals surface area contributed by atoms with Crippen molar-refractivity contribution in [2.75, 3.05) is 7.05 Å². The first-order chi connectivity index (χ1) is 9.90. The molecule has 1 N–H and O–H groups in total. The number of hydrogen-bond acceptors (Lipinski definition) is 2. The van der Waals surface area contributed by atoms with Crippen molar-refractivity contribution in [3.63, 3.8) is 0 Å². The predicted molar refractivity (Wildman–Crippen MR) is 89.2 cm³/mol. The molecule has 0 aliphatic carbocycles. The SMILES string of the molecule is CNCc1ccc(C)c(Oc2ccc(C(C)(C)C)cc2)c1. The average Bonchev–Trinajstić information content (AvgIpc) is 2.42. The van der Waals surface area contributed by atoms with Crippen molar-refractivity contribution in [2.24, 2.45) is 0 Å². The van der Waals surface area contributed by atoms with Crippen molar-refractivity contribution in [3.8, 4) is 11.5 Å². The molecule has 0 unspecified atom stereocenters. The number of aryl methyl sites for hydroxylation is 1. The quantitative estimate of drug-likeness (QED) is 0.870. The zero-order valence-corrected chi connectivity index (χ0v) is 13.7. The molecule has 0 aromatic heterocycles. The Hall–Kier alpha value is -1.80. The minimum absolute atomic E-state index is 0.168. The molecule has 2 heteroatoms. The van der Waals surface area contributed by atoms with Crippen LogP contribution in [0, 0.1) is 6.92 Å². The van der Waals surface area contributed by atoms with Gasteiger partial charge >= 0.3 is 0 Å². The number of ether oxygens (including phenoxy) is 1. The van der Waals surface area contributed by atoms with E-state index >= 15 is 0 Å². The Balaban J connectivity index is 2.20. The smallest absolute Gasteiger partial charge is 0.130 e. The third-order valence-electron chi connectivity index (χ3n) is 3.58.